The van der Waals surface area contributed by atoms with Gasteiger partial charge in [0.2, 0.25) is 5.88 Å². The molecule has 5 atom stereocenters. The van der Waals surface area contributed by atoms with Crippen molar-refractivity contribution >= 4 is 21.5 Å². The molecule has 0 spiro atoms. The van der Waals surface area contributed by atoms with Crippen LogP contribution < -0.4 is 22.0 Å². The quantitative estimate of drug-likeness (QED) is 0.0520. The number of rotatable bonds is 17. The molecule has 4 heterocycles. The van der Waals surface area contributed by atoms with Gasteiger partial charge in [-0.05, 0) is 78.7 Å². The Labute approximate surface area is 315 Å². The molecule has 1 aliphatic carbocycles. The summed E-state index contributed by atoms with van der Waals surface area (Å²) in [5.41, 5.74) is -0.168. The number of pyridine rings is 2. The summed E-state index contributed by atoms with van der Waals surface area (Å²) in [6.45, 7) is 2.03. The number of aryl methyl sites for hydroxylation is 1. The van der Waals surface area contributed by atoms with Crippen LogP contribution >= 0.6 is 0 Å². The number of hydrogen-bond donors (Lipinski definition) is 5. The Balaban J connectivity index is 1.26. The van der Waals surface area contributed by atoms with Crippen LogP contribution in [0, 0.1) is 0 Å². The lowest BCUT2D eigenvalue weighted by Gasteiger charge is -2.39. The average molecular weight is 767 g/mol. The molecular weight excluding hydrogens is 716 g/mol. The normalized spacial score (nSPS) is 21.1. The molecule has 2 aliphatic heterocycles. The maximum atomic E-state index is 14.2. The molecule has 55 heavy (non-hydrogen) atoms. The second-order valence-electron chi connectivity index (χ2n) is 14.6. The highest BCUT2D eigenvalue weighted by molar-refractivity contribution is 6.15. The van der Waals surface area contributed by atoms with Gasteiger partial charge >= 0.3 is 0 Å². The van der Waals surface area contributed by atoms with E-state index in [1.54, 1.807) is 29.1 Å². The Bertz CT molecular complexity index is 2290. The van der Waals surface area contributed by atoms with Crippen LogP contribution in [-0.2, 0) is 35.5 Å². The summed E-state index contributed by atoms with van der Waals surface area (Å²) in [6, 6.07) is 4.85. The Morgan fingerprint density at radius 3 is 2.24 bits per heavy atom. The number of aliphatic hydroxyl groups is 4. The van der Waals surface area contributed by atoms with Gasteiger partial charge in [-0.25, -0.2) is 0 Å². The topological polar surface area (TPSA) is 230 Å². The Kier molecular flexibility index (Phi) is 12.6. The molecule has 6 rings (SSSR count). The lowest BCUT2D eigenvalue weighted by molar-refractivity contribution is -0.300. The molecule has 3 aliphatic rings. The largest absolute Gasteiger partial charge is 0.494 e. The van der Waals surface area contributed by atoms with Gasteiger partial charge in [-0.2, -0.15) is 0 Å². The molecular formula is C37H50N8O10. The fraction of sp³-hybridized carbons (Fsp3) is 0.568. The number of aliphatic hydroxyl groups excluding tert-OH is 4. The third kappa shape index (κ3) is 8.27. The van der Waals surface area contributed by atoms with Crippen LogP contribution in [0.2, 0.25) is 0 Å². The first-order chi connectivity index (χ1) is 26.3. The smallest absolute Gasteiger partial charge is 0.263 e. The predicted octanol–water partition coefficient (Wildman–Crippen LogP) is -1.79. The maximum Gasteiger partial charge on any atom is 0.263 e. The number of ether oxygens (including phenoxy) is 2. The van der Waals surface area contributed by atoms with Crippen molar-refractivity contribution in [1.82, 2.24) is 33.9 Å². The first-order valence-corrected chi connectivity index (χ1v) is 18.5. The van der Waals surface area contributed by atoms with E-state index in [9.17, 15) is 39.9 Å². The van der Waals surface area contributed by atoms with Crippen molar-refractivity contribution in [2.24, 2.45) is 4.99 Å². The van der Waals surface area contributed by atoms with Crippen LogP contribution in [0.25, 0.3) is 32.7 Å². The van der Waals surface area contributed by atoms with Crippen molar-refractivity contribution in [1.29, 1.82) is 0 Å². The summed E-state index contributed by atoms with van der Waals surface area (Å²) in [4.78, 5) is 50.6. The third-order valence-electron chi connectivity index (χ3n) is 10.0. The summed E-state index contributed by atoms with van der Waals surface area (Å²) >= 11 is 0. The van der Waals surface area contributed by atoms with Gasteiger partial charge in [0.25, 0.3) is 16.7 Å². The lowest BCUT2D eigenvalue weighted by Crippen LogP contribution is -2.59. The fourth-order valence-electron chi connectivity index (χ4n) is 7.17. The minimum absolute atomic E-state index is 0.0536. The molecule has 18 nitrogen and oxygen atoms in total. The van der Waals surface area contributed by atoms with Gasteiger partial charge < -0.3 is 44.8 Å². The average Bonchev–Trinajstić information content (AvgIpc) is 3.61. The van der Waals surface area contributed by atoms with Crippen LogP contribution in [0.4, 0.5) is 0 Å². The van der Waals surface area contributed by atoms with E-state index in [1.165, 1.54) is 9.13 Å². The molecule has 18 heteroatoms. The highest BCUT2D eigenvalue weighted by atomic mass is 16.7. The summed E-state index contributed by atoms with van der Waals surface area (Å²) < 4.78 is 15.1. The van der Waals surface area contributed by atoms with E-state index in [0.29, 0.717) is 78.1 Å². The Morgan fingerprint density at radius 2 is 1.55 bits per heavy atom. The van der Waals surface area contributed by atoms with Gasteiger partial charge in [-0.3, -0.25) is 33.2 Å². The maximum absolute atomic E-state index is 14.2. The molecule has 0 amide bonds. The molecule has 0 unspecified atom stereocenters. The Morgan fingerprint density at radius 1 is 0.855 bits per heavy atom. The molecule has 5 N–H and O–H groups in total. The van der Waals surface area contributed by atoms with Gasteiger partial charge in [0.15, 0.2) is 6.29 Å². The zero-order chi connectivity index (χ0) is 39.6. The van der Waals surface area contributed by atoms with Crippen LogP contribution in [-0.4, -0.2) is 151 Å². The number of nitrogens with zero attached hydrogens (tertiary/aromatic N) is 8. The van der Waals surface area contributed by atoms with Crippen molar-refractivity contribution in [2.45, 2.75) is 76.0 Å². The highest BCUT2D eigenvalue weighted by Gasteiger charge is 2.44. The van der Waals surface area contributed by atoms with Gasteiger partial charge in [-0.15, -0.1) is 5.10 Å². The molecule has 1 saturated heterocycles. The molecule has 2 aromatic heterocycles. The van der Waals surface area contributed by atoms with Gasteiger partial charge in [0.1, 0.15) is 24.4 Å². The zero-order valence-electron chi connectivity index (χ0n) is 31.5. The van der Waals surface area contributed by atoms with Crippen LogP contribution in [0.3, 0.4) is 0 Å². The minimum Gasteiger partial charge on any atom is -0.494 e. The van der Waals surface area contributed by atoms with E-state index in [2.05, 4.69) is 10.3 Å². The summed E-state index contributed by atoms with van der Waals surface area (Å²) in [7, 11) is 7.69. The van der Waals surface area contributed by atoms with Gasteiger partial charge in [0, 0.05) is 60.5 Å². The van der Waals surface area contributed by atoms with Crippen molar-refractivity contribution < 1.29 is 35.0 Å². The number of aromatic hydroxyl groups is 1. The second kappa shape index (κ2) is 17.2. The van der Waals surface area contributed by atoms with Crippen molar-refractivity contribution in [2.75, 3.05) is 61.0 Å². The molecule has 0 bridgehead atoms. The monoisotopic (exact) mass is 766 g/mol. The predicted molar refractivity (Wildman–Crippen MR) is 202 cm³/mol. The van der Waals surface area contributed by atoms with E-state index in [-0.39, 0.29) is 43.1 Å². The van der Waals surface area contributed by atoms with Crippen molar-refractivity contribution in [3.63, 3.8) is 0 Å². The van der Waals surface area contributed by atoms with Crippen molar-refractivity contribution in [3.8, 4) is 17.0 Å². The third-order valence-corrected chi connectivity index (χ3v) is 10.0. The van der Waals surface area contributed by atoms with Crippen LogP contribution in [0.1, 0.15) is 25.0 Å². The summed E-state index contributed by atoms with van der Waals surface area (Å²) in [5, 5.41) is 60.8. The van der Waals surface area contributed by atoms with E-state index >= 15 is 0 Å². The first kappa shape index (κ1) is 40.3. The molecule has 0 radical (unpaired) electrons. The SMILES string of the molecule is CN(C)CCCn1c(O)c2ccc3c4c2c(c(=NCCCn2cc(CCO[C@H]5O[C@H](CO)[C@@H](O)[C@H](O)[C@@H]5O)nn2)cc-4c(=O)n(CCCN(C)C)c3=O)c1=O. The first-order valence-electron chi connectivity index (χ1n) is 18.5. The molecule has 1 fully saturated rings. The molecule has 3 aromatic rings. The lowest BCUT2D eigenvalue weighted by atomic mass is 9.90. The number of aromatic nitrogens is 5. The Hall–Kier alpha value is -4.40. The van der Waals surface area contributed by atoms with Crippen LogP contribution in [0.15, 0.2) is 43.8 Å². The summed E-state index contributed by atoms with van der Waals surface area (Å²) in [6.07, 6.45) is -3.13. The van der Waals surface area contributed by atoms with Gasteiger partial charge in [-0.1, -0.05) is 5.21 Å². The minimum atomic E-state index is -1.54. The van der Waals surface area contributed by atoms with E-state index in [4.69, 9.17) is 14.5 Å². The molecule has 298 valence electrons. The van der Waals surface area contributed by atoms with Crippen molar-refractivity contribution in [3.05, 3.63) is 66.5 Å². The second-order valence-corrected chi connectivity index (χ2v) is 14.6. The van der Waals surface area contributed by atoms with E-state index in [0.717, 1.165) is 0 Å². The summed E-state index contributed by atoms with van der Waals surface area (Å²) in [5.74, 6) is -0.222. The van der Waals surface area contributed by atoms with Gasteiger partial charge in [0.05, 0.1) is 35.2 Å². The molecule has 0 saturated carbocycles. The number of benzene rings is 2. The molecule has 1 aromatic carbocycles. The van der Waals surface area contributed by atoms with E-state index < -0.39 is 54.0 Å². The number of hydrogen-bond acceptors (Lipinski definition) is 15. The van der Waals surface area contributed by atoms with E-state index in [1.807, 2.05) is 38.0 Å². The van der Waals surface area contributed by atoms with Crippen LogP contribution in [0.5, 0.6) is 5.88 Å². The highest BCUT2D eigenvalue weighted by Crippen LogP contribution is 2.36. The fourth-order valence-corrected chi connectivity index (χ4v) is 7.17. The zero-order valence-corrected chi connectivity index (χ0v) is 31.5. The standard InChI is InChI=1S/C37H50N8O10/c1-41(2)12-6-15-44-33(50)22-8-9-23-28-27(22)24(35(44)52)18-25(29(28)36(53)45(34(23)51)16-7-13-42(3)4)38-11-5-14-43-19-21(39-40-43)10-17-54-37-32(49)31(48)30(47)26(20-46)55-37/h8-9,18-19,26,30-32,37,46-49,51H,5-7,10-17,20H2,1-4H3/t26-,30-,31+,32+,37+/m1/s1.